The SMILES string of the molecule is CC1CCCN(CCNC(=O)COc2cccc([N+](=O)[O-])c2)C1. The molecule has 0 spiro atoms. The molecule has 7 nitrogen and oxygen atoms in total. The molecule has 1 atom stereocenters. The van der Waals surface area contributed by atoms with E-state index in [4.69, 9.17) is 4.74 Å². The Kier molecular flexibility index (Phi) is 6.34. The van der Waals surface area contributed by atoms with E-state index >= 15 is 0 Å². The first-order valence-corrected chi connectivity index (χ1v) is 7.91. The van der Waals surface area contributed by atoms with E-state index in [1.165, 1.54) is 31.0 Å². The summed E-state index contributed by atoms with van der Waals surface area (Å²) in [5, 5.41) is 13.5. The van der Waals surface area contributed by atoms with Crippen molar-refractivity contribution in [2.45, 2.75) is 19.8 Å². The second-order valence-electron chi connectivity index (χ2n) is 5.94. The number of likely N-dealkylation sites (tertiary alicyclic amines) is 1. The van der Waals surface area contributed by atoms with Crippen molar-refractivity contribution >= 4 is 11.6 Å². The summed E-state index contributed by atoms with van der Waals surface area (Å²) in [4.78, 5) is 24.3. The lowest BCUT2D eigenvalue weighted by atomic mass is 10.0. The fourth-order valence-corrected chi connectivity index (χ4v) is 2.73. The fourth-order valence-electron chi connectivity index (χ4n) is 2.73. The lowest BCUT2D eigenvalue weighted by Gasteiger charge is -2.30. The molecule has 7 heteroatoms. The summed E-state index contributed by atoms with van der Waals surface area (Å²) in [5.74, 6) is 0.817. The zero-order valence-corrected chi connectivity index (χ0v) is 13.4. The number of carbonyl (C=O) groups excluding carboxylic acids is 1. The number of piperidine rings is 1. The molecular formula is C16H23N3O4. The molecule has 1 unspecified atom stereocenters. The van der Waals surface area contributed by atoms with Crippen molar-refractivity contribution in [2.75, 3.05) is 32.8 Å². The number of nitro groups is 1. The Bertz CT molecular complexity index is 550. The molecule has 1 heterocycles. The van der Waals surface area contributed by atoms with Gasteiger partial charge in [0.1, 0.15) is 5.75 Å². The highest BCUT2D eigenvalue weighted by Gasteiger charge is 2.15. The Morgan fingerprint density at radius 2 is 2.35 bits per heavy atom. The molecule has 1 aromatic carbocycles. The number of hydrogen-bond donors (Lipinski definition) is 1. The number of nitro benzene ring substituents is 1. The average Bonchev–Trinajstić information content (AvgIpc) is 2.53. The van der Waals surface area contributed by atoms with Crippen molar-refractivity contribution < 1.29 is 14.5 Å². The normalized spacial score (nSPS) is 18.4. The van der Waals surface area contributed by atoms with Crippen LogP contribution in [0.15, 0.2) is 24.3 Å². The summed E-state index contributed by atoms with van der Waals surface area (Å²) in [5.41, 5.74) is -0.0536. The first kappa shape index (κ1) is 17.2. The Morgan fingerprint density at radius 3 is 3.09 bits per heavy atom. The molecule has 0 aromatic heterocycles. The minimum Gasteiger partial charge on any atom is -0.484 e. The Hall–Kier alpha value is -2.15. The summed E-state index contributed by atoms with van der Waals surface area (Å²) in [6, 6.07) is 5.81. The van der Waals surface area contributed by atoms with Gasteiger partial charge < -0.3 is 15.0 Å². The second kappa shape index (κ2) is 8.47. The Labute approximate surface area is 135 Å². The van der Waals surface area contributed by atoms with E-state index in [0.717, 1.165) is 25.6 Å². The van der Waals surface area contributed by atoms with Crippen LogP contribution in [0, 0.1) is 16.0 Å². The minimum atomic E-state index is -0.494. The van der Waals surface area contributed by atoms with Crippen LogP contribution in [0.2, 0.25) is 0 Å². The van der Waals surface area contributed by atoms with Crippen LogP contribution in [0.4, 0.5) is 5.69 Å². The van der Waals surface area contributed by atoms with Crippen molar-refractivity contribution in [3.8, 4) is 5.75 Å². The molecule has 1 aromatic rings. The van der Waals surface area contributed by atoms with Gasteiger partial charge >= 0.3 is 0 Å². The van der Waals surface area contributed by atoms with E-state index in [2.05, 4.69) is 17.1 Å². The van der Waals surface area contributed by atoms with Crippen molar-refractivity contribution in [1.29, 1.82) is 0 Å². The van der Waals surface area contributed by atoms with Crippen molar-refractivity contribution in [3.63, 3.8) is 0 Å². The number of nitrogens with one attached hydrogen (secondary N) is 1. The van der Waals surface area contributed by atoms with Gasteiger partial charge in [0.05, 0.1) is 11.0 Å². The molecule has 1 aliphatic rings. The molecule has 1 aliphatic heterocycles. The van der Waals surface area contributed by atoms with Crippen molar-refractivity contribution in [1.82, 2.24) is 10.2 Å². The highest BCUT2D eigenvalue weighted by Crippen LogP contribution is 2.18. The molecule has 1 saturated heterocycles. The van der Waals surface area contributed by atoms with Crippen LogP contribution in [0.25, 0.3) is 0 Å². The Morgan fingerprint density at radius 1 is 1.52 bits per heavy atom. The second-order valence-corrected chi connectivity index (χ2v) is 5.94. The number of nitrogens with zero attached hydrogens (tertiary/aromatic N) is 2. The number of ether oxygens (including phenoxy) is 1. The molecule has 0 aliphatic carbocycles. The molecule has 0 bridgehead atoms. The Balaban J connectivity index is 1.67. The number of non-ortho nitro benzene ring substituents is 1. The van der Waals surface area contributed by atoms with Crippen LogP contribution in [0.5, 0.6) is 5.75 Å². The van der Waals surface area contributed by atoms with E-state index < -0.39 is 4.92 Å². The maximum absolute atomic E-state index is 11.8. The summed E-state index contributed by atoms with van der Waals surface area (Å²) >= 11 is 0. The van der Waals surface area contributed by atoms with Crippen molar-refractivity contribution in [2.24, 2.45) is 5.92 Å². The lowest BCUT2D eigenvalue weighted by Crippen LogP contribution is -2.41. The van der Waals surface area contributed by atoms with Crippen LogP contribution in [0.1, 0.15) is 19.8 Å². The molecular weight excluding hydrogens is 298 g/mol. The van der Waals surface area contributed by atoms with E-state index in [1.54, 1.807) is 6.07 Å². The maximum Gasteiger partial charge on any atom is 0.273 e. The molecule has 0 radical (unpaired) electrons. The van der Waals surface area contributed by atoms with Gasteiger partial charge in [-0.15, -0.1) is 0 Å². The third-order valence-corrected chi connectivity index (χ3v) is 3.89. The predicted molar refractivity (Wildman–Crippen MR) is 86.4 cm³/mol. The molecule has 1 amide bonds. The van der Waals surface area contributed by atoms with Crippen molar-refractivity contribution in [3.05, 3.63) is 34.4 Å². The predicted octanol–water partition coefficient (Wildman–Crippen LogP) is 1.82. The van der Waals surface area contributed by atoms with Crippen LogP contribution in [-0.4, -0.2) is 48.5 Å². The van der Waals surface area contributed by atoms with Gasteiger partial charge in [-0.05, 0) is 31.4 Å². The molecule has 2 rings (SSSR count). The van der Waals surface area contributed by atoms with Crippen LogP contribution in [0.3, 0.4) is 0 Å². The molecule has 1 N–H and O–H groups in total. The van der Waals surface area contributed by atoms with Gasteiger partial charge in [-0.1, -0.05) is 13.0 Å². The van der Waals surface area contributed by atoms with Gasteiger partial charge in [0.2, 0.25) is 0 Å². The van der Waals surface area contributed by atoms with Gasteiger partial charge in [0, 0.05) is 25.7 Å². The van der Waals surface area contributed by atoms with Gasteiger partial charge in [0.25, 0.3) is 11.6 Å². The number of carbonyl (C=O) groups is 1. The highest BCUT2D eigenvalue weighted by molar-refractivity contribution is 5.77. The maximum atomic E-state index is 11.8. The van der Waals surface area contributed by atoms with Gasteiger partial charge in [-0.3, -0.25) is 14.9 Å². The average molecular weight is 321 g/mol. The minimum absolute atomic E-state index is 0.0536. The molecule has 1 fully saturated rings. The number of hydrogen-bond acceptors (Lipinski definition) is 5. The fraction of sp³-hybridized carbons (Fsp3) is 0.562. The monoisotopic (exact) mass is 321 g/mol. The van der Waals surface area contributed by atoms with Crippen LogP contribution in [-0.2, 0) is 4.79 Å². The third kappa shape index (κ3) is 5.86. The van der Waals surface area contributed by atoms with E-state index in [1.807, 2.05) is 0 Å². The zero-order chi connectivity index (χ0) is 16.7. The van der Waals surface area contributed by atoms with E-state index in [0.29, 0.717) is 12.3 Å². The summed E-state index contributed by atoms with van der Waals surface area (Å²) in [7, 11) is 0. The van der Waals surface area contributed by atoms with E-state index in [9.17, 15) is 14.9 Å². The number of benzene rings is 1. The van der Waals surface area contributed by atoms with Gasteiger partial charge in [-0.25, -0.2) is 0 Å². The zero-order valence-electron chi connectivity index (χ0n) is 13.4. The third-order valence-electron chi connectivity index (χ3n) is 3.89. The van der Waals surface area contributed by atoms with Crippen LogP contribution >= 0.6 is 0 Å². The first-order chi connectivity index (χ1) is 11.0. The molecule has 0 saturated carbocycles. The largest absolute Gasteiger partial charge is 0.484 e. The highest BCUT2D eigenvalue weighted by atomic mass is 16.6. The quantitative estimate of drug-likeness (QED) is 0.611. The lowest BCUT2D eigenvalue weighted by molar-refractivity contribution is -0.384. The first-order valence-electron chi connectivity index (χ1n) is 7.91. The summed E-state index contributed by atoms with van der Waals surface area (Å²) in [6.07, 6.45) is 2.49. The molecule has 23 heavy (non-hydrogen) atoms. The standard InChI is InChI=1S/C16H23N3O4/c1-13-4-3-8-18(11-13)9-7-17-16(20)12-23-15-6-2-5-14(10-15)19(21)22/h2,5-6,10,13H,3-4,7-9,11-12H2,1H3,(H,17,20). The smallest absolute Gasteiger partial charge is 0.273 e. The van der Waals surface area contributed by atoms with E-state index in [-0.39, 0.29) is 18.2 Å². The van der Waals surface area contributed by atoms with Gasteiger partial charge in [0.15, 0.2) is 6.61 Å². The summed E-state index contributed by atoms with van der Waals surface area (Å²) < 4.78 is 5.29. The topological polar surface area (TPSA) is 84.7 Å². The van der Waals surface area contributed by atoms with Gasteiger partial charge in [-0.2, -0.15) is 0 Å². The van der Waals surface area contributed by atoms with Crippen LogP contribution < -0.4 is 10.1 Å². The summed E-state index contributed by atoms with van der Waals surface area (Å²) in [6.45, 7) is 5.70. The number of amides is 1. The number of rotatable bonds is 7. The molecule has 126 valence electrons.